The maximum atomic E-state index is 12.5. The molecule has 0 aliphatic carbocycles. The number of benzene rings is 1. The molecule has 1 aromatic carbocycles. The predicted octanol–water partition coefficient (Wildman–Crippen LogP) is 2.02. The number of nitrogens with one attached hydrogen (secondary N) is 1. The molecule has 0 spiro atoms. The normalized spacial score (nSPS) is 17.9. The van der Waals surface area contributed by atoms with Gasteiger partial charge in [0.1, 0.15) is 0 Å². The summed E-state index contributed by atoms with van der Waals surface area (Å²) in [4.78, 5) is 37.0. The molecule has 1 fully saturated rings. The Morgan fingerprint density at radius 1 is 1.18 bits per heavy atom. The number of hydrogen-bond acceptors (Lipinski definition) is 3. The van der Waals surface area contributed by atoms with E-state index in [9.17, 15) is 14.4 Å². The van der Waals surface area contributed by atoms with Crippen molar-refractivity contribution in [2.45, 2.75) is 39.2 Å². The number of rotatable bonds is 4. The van der Waals surface area contributed by atoms with Crippen LogP contribution >= 0.6 is 0 Å². The van der Waals surface area contributed by atoms with Crippen molar-refractivity contribution >= 4 is 17.6 Å². The Morgan fingerprint density at radius 2 is 1.82 bits per heavy atom. The third-order valence-corrected chi connectivity index (χ3v) is 3.93. The molecule has 0 aromatic heterocycles. The van der Waals surface area contributed by atoms with Crippen LogP contribution in [0.2, 0.25) is 0 Å². The first-order valence-corrected chi connectivity index (χ1v) is 7.71. The van der Waals surface area contributed by atoms with Gasteiger partial charge < -0.3 is 10.2 Å². The molecule has 22 heavy (non-hydrogen) atoms. The number of piperidine rings is 1. The molecule has 1 aliphatic rings. The van der Waals surface area contributed by atoms with E-state index in [2.05, 4.69) is 5.32 Å². The Bertz CT molecular complexity index is 566. The zero-order valence-corrected chi connectivity index (χ0v) is 13.1. The van der Waals surface area contributed by atoms with Crippen LogP contribution in [0.4, 0.5) is 0 Å². The van der Waals surface area contributed by atoms with Gasteiger partial charge in [-0.3, -0.25) is 14.4 Å². The molecule has 2 amide bonds. The molecule has 1 N–H and O–H groups in total. The molecule has 0 bridgehead atoms. The number of likely N-dealkylation sites (tertiary alicyclic amines) is 1. The zero-order valence-electron chi connectivity index (χ0n) is 13.1. The van der Waals surface area contributed by atoms with Gasteiger partial charge in [0.15, 0.2) is 5.78 Å². The summed E-state index contributed by atoms with van der Waals surface area (Å²) in [7, 11) is 0. The molecule has 2 rings (SSSR count). The van der Waals surface area contributed by atoms with Gasteiger partial charge in [-0.15, -0.1) is 0 Å². The highest BCUT2D eigenvalue weighted by Gasteiger charge is 2.25. The van der Waals surface area contributed by atoms with Crippen LogP contribution in [-0.2, 0) is 4.79 Å². The third kappa shape index (κ3) is 3.93. The highest BCUT2D eigenvalue weighted by Crippen LogP contribution is 2.15. The molecule has 1 heterocycles. The molecule has 0 saturated carbocycles. The quantitative estimate of drug-likeness (QED) is 0.865. The monoisotopic (exact) mass is 302 g/mol. The Hall–Kier alpha value is -2.17. The van der Waals surface area contributed by atoms with Crippen molar-refractivity contribution in [3.8, 4) is 0 Å². The lowest BCUT2D eigenvalue weighted by atomic mass is 10.0. The SMILES string of the molecule is CCC(=O)N[C@H]1CCCN(C(=O)c2ccc(C(C)=O)cc2)C1. The van der Waals surface area contributed by atoms with Gasteiger partial charge in [-0.1, -0.05) is 19.1 Å². The molecule has 5 heteroatoms. The predicted molar refractivity (Wildman–Crippen MR) is 83.8 cm³/mol. The number of carbonyl (C=O) groups is 3. The summed E-state index contributed by atoms with van der Waals surface area (Å²) in [6.07, 6.45) is 2.24. The largest absolute Gasteiger partial charge is 0.352 e. The van der Waals surface area contributed by atoms with Crippen LogP contribution in [0.5, 0.6) is 0 Å². The van der Waals surface area contributed by atoms with Gasteiger partial charge in [-0.25, -0.2) is 0 Å². The molecule has 1 atom stereocenters. The van der Waals surface area contributed by atoms with Crippen LogP contribution in [0.3, 0.4) is 0 Å². The minimum atomic E-state index is -0.0504. The second-order valence-corrected chi connectivity index (χ2v) is 5.64. The van der Waals surface area contributed by atoms with Gasteiger partial charge in [-0.2, -0.15) is 0 Å². The van der Waals surface area contributed by atoms with Gasteiger partial charge in [0.2, 0.25) is 5.91 Å². The van der Waals surface area contributed by atoms with Crippen molar-refractivity contribution in [3.05, 3.63) is 35.4 Å². The first kappa shape index (κ1) is 16.2. The fourth-order valence-corrected chi connectivity index (χ4v) is 2.64. The number of ketones is 1. The topological polar surface area (TPSA) is 66.5 Å². The third-order valence-electron chi connectivity index (χ3n) is 3.93. The molecule has 1 aliphatic heterocycles. The maximum absolute atomic E-state index is 12.5. The number of Topliss-reactive ketones (excluding diaryl/α,β-unsaturated/α-hetero) is 1. The van der Waals surface area contributed by atoms with Crippen LogP contribution in [0.15, 0.2) is 24.3 Å². The van der Waals surface area contributed by atoms with E-state index in [-0.39, 0.29) is 23.6 Å². The van der Waals surface area contributed by atoms with E-state index < -0.39 is 0 Å². The first-order chi connectivity index (χ1) is 10.5. The molecule has 0 unspecified atom stereocenters. The molecular weight excluding hydrogens is 280 g/mol. The lowest BCUT2D eigenvalue weighted by Gasteiger charge is -2.33. The molecular formula is C17H22N2O3. The van der Waals surface area contributed by atoms with Crippen molar-refractivity contribution in [1.82, 2.24) is 10.2 Å². The van der Waals surface area contributed by atoms with E-state index in [4.69, 9.17) is 0 Å². The smallest absolute Gasteiger partial charge is 0.253 e. The van der Waals surface area contributed by atoms with Crippen LogP contribution in [-0.4, -0.2) is 41.6 Å². The Labute approximate surface area is 130 Å². The molecule has 118 valence electrons. The highest BCUT2D eigenvalue weighted by molar-refractivity contribution is 5.97. The van der Waals surface area contributed by atoms with Crippen molar-refractivity contribution in [1.29, 1.82) is 0 Å². The summed E-state index contributed by atoms with van der Waals surface area (Å²) < 4.78 is 0. The van der Waals surface area contributed by atoms with E-state index in [1.165, 1.54) is 6.92 Å². The second kappa shape index (κ2) is 7.20. The van der Waals surface area contributed by atoms with E-state index >= 15 is 0 Å². The number of nitrogens with zero attached hydrogens (tertiary/aromatic N) is 1. The summed E-state index contributed by atoms with van der Waals surface area (Å²) in [6, 6.07) is 6.76. The van der Waals surface area contributed by atoms with E-state index in [0.717, 1.165) is 12.8 Å². The minimum Gasteiger partial charge on any atom is -0.352 e. The van der Waals surface area contributed by atoms with E-state index in [1.807, 2.05) is 6.92 Å². The molecule has 0 radical (unpaired) electrons. The molecule has 5 nitrogen and oxygen atoms in total. The Morgan fingerprint density at radius 3 is 2.41 bits per heavy atom. The van der Waals surface area contributed by atoms with Crippen LogP contribution < -0.4 is 5.32 Å². The fourth-order valence-electron chi connectivity index (χ4n) is 2.64. The minimum absolute atomic E-state index is 0.0145. The van der Waals surface area contributed by atoms with Gasteiger partial charge in [-0.05, 0) is 31.9 Å². The maximum Gasteiger partial charge on any atom is 0.253 e. The fraction of sp³-hybridized carbons (Fsp3) is 0.471. The summed E-state index contributed by atoms with van der Waals surface area (Å²) in [5.41, 5.74) is 1.18. The van der Waals surface area contributed by atoms with Gasteiger partial charge in [0, 0.05) is 36.7 Å². The van der Waals surface area contributed by atoms with Crippen molar-refractivity contribution < 1.29 is 14.4 Å². The van der Waals surface area contributed by atoms with Crippen molar-refractivity contribution in [3.63, 3.8) is 0 Å². The Kier molecular flexibility index (Phi) is 5.31. The van der Waals surface area contributed by atoms with Gasteiger partial charge >= 0.3 is 0 Å². The van der Waals surface area contributed by atoms with Crippen molar-refractivity contribution in [2.75, 3.05) is 13.1 Å². The summed E-state index contributed by atoms with van der Waals surface area (Å²) >= 11 is 0. The van der Waals surface area contributed by atoms with Gasteiger partial charge in [0.05, 0.1) is 0 Å². The van der Waals surface area contributed by atoms with Gasteiger partial charge in [0.25, 0.3) is 5.91 Å². The standard InChI is InChI=1S/C17H22N2O3/c1-3-16(21)18-15-5-4-10-19(11-15)17(22)14-8-6-13(7-9-14)12(2)20/h6-9,15H,3-5,10-11H2,1-2H3,(H,18,21)/t15-/m0/s1. The number of hydrogen-bond donors (Lipinski definition) is 1. The van der Waals surface area contributed by atoms with Crippen LogP contribution in [0.1, 0.15) is 53.8 Å². The lowest BCUT2D eigenvalue weighted by molar-refractivity contribution is -0.121. The summed E-state index contributed by atoms with van der Waals surface area (Å²) in [5.74, 6) is -0.0463. The zero-order chi connectivity index (χ0) is 16.1. The lowest BCUT2D eigenvalue weighted by Crippen LogP contribution is -2.49. The average Bonchev–Trinajstić information content (AvgIpc) is 2.54. The summed E-state index contributed by atoms with van der Waals surface area (Å²) in [5, 5.41) is 2.95. The molecule has 1 aromatic rings. The highest BCUT2D eigenvalue weighted by atomic mass is 16.2. The van der Waals surface area contributed by atoms with E-state index in [0.29, 0.717) is 30.6 Å². The van der Waals surface area contributed by atoms with Crippen molar-refractivity contribution in [2.24, 2.45) is 0 Å². The second-order valence-electron chi connectivity index (χ2n) is 5.64. The van der Waals surface area contributed by atoms with Crippen LogP contribution in [0, 0.1) is 0 Å². The van der Waals surface area contributed by atoms with E-state index in [1.54, 1.807) is 29.2 Å². The number of carbonyl (C=O) groups excluding carboxylic acids is 3. The molecule has 1 saturated heterocycles. The average molecular weight is 302 g/mol. The summed E-state index contributed by atoms with van der Waals surface area (Å²) in [6.45, 7) is 4.56. The number of amides is 2. The first-order valence-electron chi connectivity index (χ1n) is 7.71. The Balaban J connectivity index is 2.02. The van der Waals surface area contributed by atoms with Crippen LogP contribution in [0.25, 0.3) is 0 Å².